The number of halogens is 1. The monoisotopic (exact) mass is 391 g/mol. The van der Waals surface area contributed by atoms with Gasteiger partial charge in [-0.25, -0.2) is 0 Å². The maximum Gasteiger partial charge on any atom is -1.00 e. The molecular formula is C9H22BrNOSSn. The molecular weight excluding hydrogens is 369 g/mol. The minimum Gasteiger partial charge on any atom is -1.00 e. The molecule has 5 heteroatoms. The summed E-state index contributed by atoms with van der Waals surface area (Å²) in [4.78, 5) is 0. The Kier molecular flexibility index (Phi) is 16.2. The molecule has 0 saturated carbocycles. The Morgan fingerprint density at radius 3 is 2.50 bits per heavy atom. The molecule has 14 heavy (non-hydrogen) atoms. The van der Waals surface area contributed by atoms with Crippen LogP contribution in [0.2, 0.25) is 4.44 Å². The van der Waals surface area contributed by atoms with Crippen molar-refractivity contribution in [1.82, 2.24) is 0 Å². The second-order valence-corrected chi connectivity index (χ2v) is 13.9. The van der Waals surface area contributed by atoms with Crippen LogP contribution in [0.15, 0.2) is 0 Å². The van der Waals surface area contributed by atoms with Gasteiger partial charge >= 0.3 is 93.0 Å². The van der Waals surface area contributed by atoms with E-state index in [1.54, 1.807) is 0 Å². The quantitative estimate of drug-likeness (QED) is 0.562. The second kappa shape index (κ2) is 12.6. The van der Waals surface area contributed by atoms with Crippen LogP contribution >= 0.6 is 8.95 Å². The predicted octanol–water partition coefficient (Wildman–Crippen LogP) is -0.604. The van der Waals surface area contributed by atoms with Gasteiger partial charge in [0, 0.05) is 0 Å². The van der Waals surface area contributed by atoms with Gasteiger partial charge in [0.2, 0.25) is 0 Å². The maximum absolute atomic E-state index is 5.78. The molecule has 0 aliphatic rings. The zero-order valence-electron chi connectivity index (χ0n) is 9.38. The first kappa shape index (κ1) is 17.9. The molecule has 0 aliphatic heterocycles. The Morgan fingerprint density at radius 2 is 2.07 bits per heavy atom. The molecule has 0 fully saturated rings. The number of hydrogen-bond donors (Lipinski definition) is 1. The van der Waals surface area contributed by atoms with Crippen LogP contribution in [0.5, 0.6) is 0 Å². The van der Waals surface area contributed by atoms with Gasteiger partial charge in [0.15, 0.2) is 0 Å². The van der Waals surface area contributed by atoms with Gasteiger partial charge in [0.1, 0.15) is 0 Å². The average molecular weight is 391 g/mol. The summed E-state index contributed by atoms with van der Waals surface area (Å²) in [6.45, 7) is 7.30. The van der Waals surface area contributed by atoms with Crippen LogP contribution in [-0.2, 0) is 3.07 Å². The summed E-state index contributed by atoms with van der Waals surface area (Å²) in [6.07, 6.45) is 2.42. The van der Waals surface area contributed by atoms with Gasteiger partial charge in [-0.3, -0.25) is 0 Å². The van der Waals surface area contributed by atoms with Gasteiger partial charge < -0.3 is 17.0 Å². The van der Waals surface area contributed by atoms with Crippen LogP contribution < -0.4 is 22.7 Å². The van der Waals surface area contributed by atoms with E-state index in [2.05, 4.69) is 29.7 Å². The van der Waals surface area contributed by atoms with Crippen LogP contribution in [0.4, 0.5) is 0 Å². The Morgan fingerprint density at radius 1 is 1.43 bits per heavy atom. The van der Waals surface area contributed by atoms with Crippen molar-refractivity contribution in [3.8, 4) is 0 Å². The molecule has 0 radical (unpaired) electrons. The van der Waals surface area contributed by atoms with Gasteiger partial charge in [-0.05, 0) is 0 Å². The van der Waals surface area contributed by atoms with Crippen molar-refractivity contribution in [2.75, 3.05) is 12.4 Å². The number of nitrogens with two attached hydrogens (primary N) is 1. The van der Waals surface area contributed by atoms with E-state index in [-0.39, 0.29) is 17.0 Å². The molecule has 1 atom stereocenters. The van der Waals surface area contributed by atoms with Gasteiger partial charge in [0.25, 0.3) is 0 Å². The second-order valence-electron chi connectivity index (χ2n) is 3.11. The van der Waals surface area contributed by atoms with Crippen molar-refractivity contribution in [3.63, 3.8) is 0 Å². The molecule has 0 heterocycles. The van der Waals surface area contributed by atoms with E-state index in [0.29, 0.717) is 6.04 Å². The summed E-state index contributed by atoms with van der Waals surface area (Å²) >= 11 is -1.48. The molecule has 2 nitrogen and oxygen atoms in total. The number of rotatable bonds is 8. The average Bonchev–Trinajstić information content (AvgIpc) is 2.04. The third kappa shape index (κ3) is 11.6. The summed E-state index contributed by atoms with van der Waals surface area (Å²) in [5.41, 5.74) is 5.70. The number of hydrogen-bond acceptors (Lipinski definition) is 3. The molecule has 1 unspecified atom stereocenters. The molecule has 0 aromatic heterocycles. The molecule has 0 saturated heterocycles. The Bertz CT molecular complexity index is 113. The van der Waals surface area contributed by atoms with E-state index < -0.39 is 18.8 Å². The summed E-state index contributed by atoms with van der Waals surface area (Å²) in [5, 5.41) is 0. The van der Waals surface area contributed by atoms with Crippen LogP contribution in [0.1, 0.15) is 33.6 Å². The zero-order chi connectivity index (χ0) is 10.1. The first-order valence-electron chi connectivity index (χ1n) is 5.07. The van der Waals surface area contributed by atoms with Crippen molar-refractivity contribution in [1.29, 1.82) is 0 Å². The van der Waals surface area contributed by atoms with Crippen LogP contribution in [-0.4, -0.2) is 37.2 Å². The Balaban J connectivity index is 0. The van der Waals surface area contributed by atoms with Gasteiger partial charge in [-0.15, -0.1) is 0 Å². The normalized spacial score (nSPS) is 12.0. The largest absolute Gasteiger partial charge is 1.00 e. The zero-order valence-corrected chi connectivity index (χ0v) is 14.6. The van der Waals surface area contributed by atoms with Crippen molar-refractivity contribution in [2.45, 2.75) is 44.1 Å². The molecule has 0 bridgehead atoms. The van der Waals surface area contributed by atoms with Gasteiger partial charge in [-0.2, -0.15) is 0 Å². The molecule has 0 amide bonds. The first-order chi connectivity index (χ1) is 6.20. The molecule has 0 aliphatic carbocycles. The third-order valence-electron chi connectivity index (χ3n) is 1.65. The topological polar surface area (TPSA) is 35.2 Å². The van der Waals surface area contributed by atoms with E-state index in [1.807, 2.05) is 0 Å². The first-order valence-corrected chi connectivity index (χ1v) is 12.7. The molecule has 0 rings (SSSR count). The minimum absolute atomic E-state index is 0. The smallest absolute Gasteiger partial charge is 1.00 e. The van der Waals surface area contributed by atoms with E-state index in [4.69, 9.17) is 8.81 Å². The van der Waals surface area contributed by atoms with E-state index in [1.165, 1.54) is 16.6 Å². The van der Waals surface area contributed by atoms with Crippen molar-refractivity contribution in [3.05, 3.63) is 0 Å². The van der Waals surface area contributed by atoms with Crippen molar-refractivity contribution < 1.29 is 20.1 Å². The summed E-state index contributed by atoms with van der Waals surface area (Å²) in [7, 11) is 2.09. The minimum atomic E-state index is -1.48. The SMILES string of the molecule is CC[O][Sn+]([CH2]CCC(C)N)[S]CC.[Br-]. The summed E-state index contributed by atoms with van der Waals surface area (Å²) < 4.78 is 7.11. The Hall–Kier alpha value is 1.55. The van der Waals surface area contributed by atoms with E-state index in [0.717, 1.165) is 13.0 Å². The van der Waals surface area contributed by atoms with E-state index >= 15 is 0 Å². The van der Waals surface area contributed by atoms with Gasteiger partial charge in [-0.1, -0.05) is 0 Å². The molecule has 86 valence electrons. The van der Waals surface area contributed by atoms with Crippen LogP contribution in [0.25, 0.3) is 0 Å². The van der Waals surface area contributed by atoms with Gasteiger partial charge in [0.05, 0.1) is 0 Å². The fourth-order valence-corrected chi connectivity index (χ4v) is 10.8. The van der Waals surface area contributed by atoms with Crippen molar-refractivity contribution >= 4 is 27.7 Å². The summed E-state index contributed by atoms with van der Waals surface area (Å²) in [6, 6.07) is 0.359. The summed E-state index contributed by atoms with van der Waals surface area (Å²) in [5.74, 6) is 1.22. The fraction of sp³-hybridized carbons (Fsp3) is 1.00. The fourth-order valence-electron chi connectivity index (χ4n) is 1.08. The molecule has 0 spiro atoms. The molecule has 0 aromatic carbocycles. The Labute approximate surface area is 109 Å². The van der Waals surface area contributed by atoms with Crippen LogP contribution in [0.3, 0.4) is 0 Å². The van der Waals surface area contributed by atoms with Crippen LogP contribution in [0, 0.1) is 0 Å². The third-order valence-corrected chi connectivity index (χ3v) is 13.6. The standard InChI is InChI=1S/C5H12N.C2H5O.C2H6S.BrH.Sn/c1-3-4-5(2)6;2*1-2-3;;/h5H,1,3-4,6H2,2H3;2H2,1H3;3H,2H2,1H3;1H;/q;-1;;;+3/p-2. The maximum atomic E-state index is 5.78. The predicted molar refractivity (Wildman–Crippen MR) is 63.2 cm³/mol. The molecule has 0 aromatic rings. The van der Waals surface area contributed by atoms with Crippen molar-refractivity contribution in [2.24, 2.45) is 5.73 Å². The van der Waals surface area contributed by atoms with E-state index in [9.17, 15) is 0 Å². The molecule has 2 N–H and O–H groups in total.